The minimum atomic E-state index is -1.53. The number of benzene rings is 1. The van der Waals surface area contributed by atoms with Crippen molar-refractivity contribution >= 4 is 0 Å². The van der Waals surface area contributed by atoms with Crippen molar-refractivity contribution in [2.45, 2.75) is 13.2 Å². The number of hydrogen-bond acceptors (Lipinski definition) is 3. The Kier molecular flexibility index (Phi) is 2.53. The predicted molar refractivity (Wildman–Crippen MR) is 55.9 cm³/mol. The third-order valence-electron chi connectivity index (χ3n) is 2.21. The van der Waals surface area contributed by atoms with E-state index in [-0.39, 0.29) is 5.69 Å². The van der Waals surface area contributed by atoms with Crippen LogP contribution in [-0.2, 0) is 0 Å². The van der Waals surface area contributed by atoms with Crippen molar-refractivity contribution in [2.24, 2.45) is 0 Å². The van der Waals surface area contributed by atoms with E-state index in [1.54, 1.807) is 6.92 Å². The van der Waals surface area contributed by atoms with Gasteiger partial charge in [-0.25, -0.2) is 4.98 Å². The van der Waals surface area contributed by atoms with Gasteiger partial charge in [0.15, 0.2) is 6.29 Å². The highest BCUT2D eigenvalue weighted by Gasteiger charge is 2.13. The Morgan fingerprint density at radius 2 is 1.87 bits per heavy atom. The van der Waals surface area contributed by atoms with Crippen molar-refractivity contribution < 1.29 is 10.2 Å². The van der Waals surface area contributed by atoms with Crippen LogP contribution < -0.4 is 0 Å². The third-order valence-corrected chi connectivity index (χ3v) is 2.21. The summed E-state index contributed by atoms with van der Waals surface area (Å²) in [7, 11) is 0. The lowest BCUT2D eigenvalue weighted by Gasteiger charge is -1.97. The van der Waals surface area contributed by atoms with Gasteiger partial charge in [0, 0.05) is 11.3 Å². The SMILES string of the molecule is Cc1[nH]c(-c2ccccc2)nc1C(O)O. The van der Waals surface area contributed by atoms with Gasteiger partial charge in [-0.3, -0.25) is 0 Å². The van der Waals surface area contributed by atoms with Crippen LogP contribution in [0.15, 0.2) is 30.3 Å². The summed E-state index contributed by atoms with van der Waals surface area (Å²) in [5.41, 5.74) is 1.87. The smallest absolute Gasteiger partial charge is 0.197 e. The maximum atomic E-state index is 9.04. The van der Waals surface area contributed by atoms with Crippen LogP contribution >= 0.6 is 0 Å². The van der Waals surface area contributed by atoms with E-state index in [4.69, 9.17) is 10.2 Å². The van der Waals surface area contributed by atoms with Crippen molar-refractivity contribution in [2.75, 3.05) is 0 Å². The van der Waals surface area contributed by atoms with Gasteiger partial charge in [-0.05, 0) is 6.92 Å². The van der Waals surface area contributed by atoms with Crippen molar-refractivity contribution in [3.8, 4) is 11.4 Å². The highest BCUT2D eigenvalue weighted by atomic mass is 16.5. The molecule has 78 valence electrons. The lowest BCUT2D eigenvalue weighted by Crippen LogP contribution is -1.97. The molecule has 0 amide bonds. The molecule has 4 heteroatoms. The Morgan fingerprint density at radius 1 is 1.20 bits per heavy atom. The molecule has 15 heavy (non-hydrogen) atoms. The highest BCUT2D eigenvalue weighted by Crippen LogP contribution is 2.20. The average molecular weight is 204 g/mol. The summed E-state index contributed by atoms with van der Waals surface area (Å²) >= 11 is 0. The van der Waals surface area contributed by atoms with Gasteiger partial charge < -0.3 is 15.2 Å². The lowest BCUT2D eigenvalue weighted by molar-refractivity contribution is -0.0459. The van der Waals surface area contributed by atoms with Gasteiger partial charge in [-0.2, -0.15) is 0 Å². The van der Waals surface area contributed by atoms with E-state index in [9.17, 15) is 0 Å². The number of hydrogen-bond donors (Lipinski definition) is 3. The summed E-state index contributed by atoms with van der Waals surface area (Å²) in [6, 6.07) is 9.54. The second-order valence-corrected chi connectivity index (χ2v) is 3.34. The van der Waals surface area contributed by atoms with Crippen LogP contribution in [0.1, 0.15) is 17.7 Å². The molecule has 2 rings (SSSR count). The first kappa shape index (κ1) is 9.89. The molecule has 1 aromatic carbocycles. The number of aromatic nitrogens is 2. The molecule has 0 fully saturated rings. The van der Waals surface area contributed by atoms with Gasteiger partial charge in [-0.15, -0.1) is 0 Å². The second-order valence-electron chi connectivity index (χ2n) is 3.34. The summed E-state index contributed by atoms with van der Waals surface area (Å²) in [6.45, 7) is 1.76. The molecule has 0 atom stereocenters. The van der Waals surface area contributed by atoms with Crippen LogP contribution in [0.4, 0.5) is 0 Å². The monoisotopic (exact) mass is 204 g/mol. The number of imidazole rings is 1. The number of rotatable bonds is 2. The molecule has 1 heterocycles. The number of nitrogens with zero attached hydrogens (tertiary/aromatic N) is 1. The molecule has 2 aromatic rings. The van der Waals surface area contributed by atoms with Crippen molar-refractivity contribution in [3.05, 3.63) is 41.7 Å². The summed E-state index contributed by atoms with van der Waals surface area (Å²) < 4.78 is 0. The maximum Gasteiger partial charge on any atom is 0.197 e. The minimum absolute atomic E-state index is 0.272. The Balaban J connectivity index is 2.43. The van der Waals surface area contributed by atoms with E-state index in [1.807, 2.05) is 30.3 Å². The van der Waals surface area contributed by atoms with Gasteiger partial charge in [0.2, 0.25) is 0 Å². The Bertz CT molecular complexity index is 449. The van der Waals surface area contributed by atoms with E-state index in [1.165, 1.54) is 0 Å². The molecule has 0 spiro atoms. The first-order chi connectivity index (χ1) is 7.18. The number of nitrogens with one attached hydrogen (secondary N) is 1. The van der Waals surface area contributed by atoms with Gasteiger partial charge in [0.05, 0.1) is 0 Å². The number of aliphatic hydroxyl groups excluding tert-OH is 1. The van der Waals surface area contributed by atoms with E-state index >= 15 is 0 Å². The topological polar surface area (TPSA) is 69.1 Å². The first-order valence-electron chi connectivity index (χ1n) is 4.66. The molecule has 1 aromatic heterocycles. The first-order valence-corrected chi connectivity index (χ1v) is 4.66. The van der Waals surface area contributed by atoms with E-state index < -0.39 is 6.29 Å². The molecule has 0 radical (unpaired) electrons. The molecule has 0 aliphatic carbocycles. The Labute approximate surface area is 87.2 Å². The van der Waals surface area contributed by atoms with Crippen LogP contribution in [0.3, 0.4) is 0 Å². The quantitative estimate of drug-likeness (QED) is 0.647. The number of aromatic amines is 1. The van der Waals surface area contributed by atoms with Crippen LogP contribution in [0.25, 0.3) is 11.4 Å². The van der Waals surface area contributed by atoms with Crippen LogP contribution in [0.5, 0.6) is 0 Å². The Morgan fingerprint density at radius 3 is 2.40 bits per heavy atom. The summed E-state index contributed by atoms with van der Waals surface area (Å²) in [5, 5.41) is 18.1. The van der Waals surface area contributed by atoms with Crippen molar-refractivity contribution in [1.29, 1.82) is 0 Å². The largest absolute Gasteiger partial charge is 0.363 e. The zero-order valence-corrected chi connectivity index (χ0v) is 8.31. The molecule has 0 saturated heterocycles. The predicted octanol–water partition coefficient (Wildman–Crippen LogP) is 1.37. The molecule has 4 nitrogen and oxygen atoms in total. The number of aliphatic hydroxyl groups is 2. The zero-order valence-electron chi connectivity index (χ0n) is 8.31. The molecule has 0 aliphatic heterocycles. The highest BCUT2D eigenvalue weighted by molar-refractivity contribution is 5.55. The normalized spacial score (nSPS) is 10.9. The van der Waals surface area contributed by atoms with Gasteiger partial charge in [-0.1, -0.05) is 30.3 Å². The fourth-order valence-electron chi connectivity index (χ4n) is 1.46. The zero-order chi connectivity index (χ0) is 10.8. The molecular weight excluding hydrogens is 192 g/mol. The van der Waals surface area contributed by atoms with Gasteiger partial charge in [0.25, 0.3) is 0 Å². The molecule has 0 saturated carbocycles. The minimum Gasteiger partial charge on any atom is -0.363 e. The summed E-state index contributed by atoms with van der Waals surface area (Å²) in [6.07, 6.45) is -1.53. The number of H-pyrrole nitrogens is 1. The molecular formula is C11H12N2O2. The Hall–Kier alpha value is -1.65. The second kappa shape index (κ2) is 3.84. The van der Waals surface area contributed by atoms with Gasteiger partial charge in [0.1, 0.15) is 11.5 Å². The molecule has 0 bridgehead atoms. The van der Waals surface area contributed by atoms with Crippen molar-refractivity contribution in [1.82, 2.24) is 9.97 Å². The van der Waals surface area contributed by atoms with Crippen LogP contribution in [-0.4, -0.2) is 20.2 Å². The summed E-state index contributed by atoms with van der Waals surface area (Å²) in [5.74, 6) is 0.649. The van der Waals surface area contributed by atoms with E-state index in [2.05, 4.69) is 9.97 Å². The van der Waals surface area contributed by atoms with Crippen molar-refractivity contribution in [3.63, 3.8) is 0 Å². The van der Waals surface area contributed by atoms with Crippen LogP contribution in [0.2, 0.25) is 0 Å². The molecule has 3 N–H and O–H groups in total. The fourth-order valence-corrected chi connectivity index (χ4v) is 1.46. The fraction of sp³-hybridized carbons (Fsp3) is 0.182. The summed E-state index contributed by atoms with van der Waals surface area (Å²) in [4.78, 5) is 7.14. The maximum absolute atomic E-state index is 9.04. The molecule has 0 unspecified atom stereocenters. The standard InChI is InChI=1S/C11H12N2O2/c1-7-9(11(14)15)13-10(12-7)8-5-3-2-4-6-8/h2-6,11,14-15H,1H3,(H,12,13). The lowest BCUT2D eigenvalue weighted by atomic mass is 10.2. The van der Waals surface area contributed by atoms with E-state index in [0.29, 0.717) is 11.5 Å². The van der Waals surface area contributed by atoms with E-state index in [0.717, 1.165) is 5.56 Å². The molecule has 0 aliphatic rings. The number of aryl methyl sites for hydroxylation is 1. The van der Waals surface area contributed by atoms with Crippen LogP contribution in [0, 0.1) is 6.92 Å². The third kappa shape index (κ3) is 1.91. The average Bonchev–Trinajstić information content (AvgIpc) is 2.62. The van der Waals surface area contributed by atoms with Gasteiger partial charge >= 0.3 is 0 Å².